The van der Waals surface area contributed by atoms with Gasteiger partial charge in [-0.1, -0.05) is 0 Å². The smallest absolute Gasteiger partial charge is 0.409 e. The first kappa shape index (κ1) is 16.6. The van der Waals surface area contributed by atoms with Crippen molar-refractivity contribution in [3.8, 4) is 0 Å². The minimum Gasteiger partial charge on any atom is -0.450 e. The molecule has 2 fully saturated rings. The molecule has 0 radical (unpaired) electrons. The lowest BCUT2D eigenvalue weighted by molar-refractivity contribution is 0.0949. The summed E-state index contributed by atoms with van der Waals surface area (Å²) >= 11 is 0. The number of carbonyl (C=O) groups is 1. The van der Waals surface area contributed by atoms with Crippen molar-refractivity contribution in [1.82, 2.24) is 15.1 Å². The highest BCUT2D eigenvalue weighted by Gasteiger charge is 2.23. The summed E-state index contributed by atoms with van der Waals surface area (Å²) in [6.07, 6.45) is 5.94. The molecule has 21 heavy (non-hydrogen) atoms. The number of nitrogens with zero attached hydrogens (tertiary/aromatic N) is 2. The average Bonchev–Trinajstić information content (AvgIpc) is 2.50. The Morgan fingerprint density at radius 3 is 2.43 bits per heavy atom. The zero-order chi connectivity index (χ0) is 15.1. The van der Waals surface area contributed by atoms with E-state index in [1.54, 1.807) is 0 Å². The van der Waals surface area contributed by atoms with Crippen molar-refractivity contribution in [3.63, 3.8) is 0 Å². The molecule has 2 heterocycles. The molecule has 2 saturated heterocycles. The molecule has 0 atom stereocenters. The van der Waals surface area contributed by atoms with Crippen LogP contribution in [0.25, 0.3) is 0 Å². The highest BCUT2D eigenvalue weighted by molar-refractivity contribution is 5.67. The number of piperidine rings is 2. The Morgan fingerprint density at radius 2 is 1.81 bits per heavy atom. The fraction of sp³-hybridized carbons (Fsp3) is 0.938. The first-order chi connectivity index (χ1) is 10.2. The lowest BCUT2D eigenvalue weighted by Gasteiger charge is -2.33. The van der Waals surface area contributed by atoms with Crippen LogP contribution in [0.1, 0.15) is 39.0 Å². The van der Waals surface area contributed by atoms with Crippen LogP contribution in [-0.4, -0.2) is 68.3 Å². The van der Waals surface area contributed by atoms with Gasteiger partial charge in [-0.05, 0) is 71.6 Å². The maximum Gasteiger partial charge on any atom is 0.409 e. The molecule has 0 aromatic rings. The van der Waals surface area contributed by atoms with Gasteiger partial charge in [-0.25, -0.2) is 4.79 Å². The molecular weight excluding hydrogens is 266 g/mol. The van der Waals surface area contributed by atoms with Gasteiger partial charge in [0.25, 0.3) is 0 Å². The van der Waals surface area contributed by atoms with E-state index in [0.717, 1.165) is 38.4 Å². The van der Waals surface area contributed by atoms with E-state index in [1.807, 2.05) is 11.8 Å². The van der Waals surface area contributed by atoms with Crippen molar-refractivity contribution in [3.05, 3.63) is 0 Å². The lowest BCUT2D eigenvalue weighted by atomic mass is 9.93. The van der Waals surface area contributed by atoms with Crippen LogP contribution in [-0.2, 0) is 4.74 Å². The van der Waals surface area contributed by atoms with Crippen LogP contribution < -0.4 is 5.32 Å². The van der Waals surface area contributed by atoms with Gasteiger partial charge in [0.05, 0.1) is 6.61 Å². The van der Waals surface area contributed by atoms with Gasteiger partial charge in [-0.2, -0.15) is 0 Å². The largest absolute Gasteiger partial charge is 0.450 e. The number of ether oxygens (including phenoxy) is 1. The van der Waals surface area contributed by atoms with Gasteiger partial charge in [0.15, 0.2) is 0 Å². The van der Waals surface area contributed by atoms with Gasteiger partial charge in [0, 0.05) is 19.1 Å². The maximum absolute atomic E-state index is 11.6. The molecule has 2 aliphatic heterocycles. The molecule has 1 amide bonds. The van der Waals surface area contributed by atoms with E-state index in [0.29, 0.717) is 12.6 Å². The maximum atomic E-state index is 11.6. The number of hydrogen-bond acceptors (Lipinski definition) is 4. The van der Waals surface area contributed by atoms with Gasteiger partial charge in [-0.15, -0.1) is 0 Å². The summed E-state index contributed by atoms with van der Waals surface area (Å²) in [7, 11) is 2.21. The second-order valence-corrected chi connectivity index (χ2v) is 6.45. The fourth-order valence-electron chi connectivity index (χ4n) is 3.32. The van der Waals surface area contributed by atoms with Crippen LogP contribution in [0.15, 0.2) is 0 Å². The molecule has 0 aromatic carbocycles. The monoisotopic (exact) mass is 297 g/mol. The summed E-state index contributed by atoms with van der Waals surface area (Å²) in [5.74, 6) is 0.897. The number of hydrogen-bond donors (Lipinski definition) is 1. The standard InChI is InChI=1S/C16H31N3O2/c1-3-21-16(20)19-12-7-15(8-13-19)17-9-4-14-5-10-18(2)11-6-14/h14-15,17H,3-13H2,1-2H3. The van der Waals surface area contributed by atoms with Gasteiger partial charge < -0.3 is 19.9 Å². The van der Waals surface area contributed by atoms with E-state index < -0.39 is 0 Å². The number of carbonyl (C=O) groups excluding carboxylic acids is 1. The predicted octanol–water partition coefficient (Wildman–Crippen LogP) is 1.93. The molecule has 0 spiro atoms. The molecule has 2 aliphatic rings. The van der Waals surface area contributed by atoms with Crippen LogP contribution in [0.4, 0.5) is 4.79 Å². The third kappa shape index (κ3) is 5.47. The zero-order valence-corrected chi connectivity index (χ0v) is 13.6. The van der Waals surface area contributed by atoms with E-state index in [4.69, 9.17) is 4.74 Å². The summed E-state index contributed by atoms with van der Waals surface area (Å²) in [5, 5.41) is 3.68. The van der Waals surface area contributed by atoms with Crippen molar-refractivity contribution in [2.45, 2.75) is 45.1 Å². The molecule has 5 nitrogen and oxygen atoms in total. The summed E-state index contributed by atoms with van der Waals surface area (Å²) in [6, 6.07) is 0.571. The topological polar surface area (TPSA) is 44.8 Å². The van der Waals surface area contributed by atoms with E-state index in [1.165, 1.54) is 32.4 Å². The van der Waals surface area contributed by atoms with Crippen LogP contribution >= 0.6 is 0 Å². The minimum atomic E-state index is -0.151. The molecule has 0 bridgehead atoms. The molecule has 2 rings (SSSR count). The van der Waals surface area contributed by atoms with Crippen molar-refractivity contribution in [2.75, 3.05) is 46.4 Å². The third-order valence-electron chi connectivity index (χ3n) is 4.84. The Labute approximate surface area is 129 Å². The lowest BCUT2D eigenvalue weighted by Crippen LogP contribution is -2.45. The summed E-state index contributed by atoms with van der Waals surface area (Å²) in [4.78, 5) is 15.9. The van der Waals surface area contributed by atoms with E-state index in [2.05, 4.69) is 17.3 Å². The first-order valence-corrected chi connectivity index (χ1v) is 8.52. The molecule has 0 unspecified atom stereocenters. The Balaban J connectivity index is 1.56. The highest BCUT2D eigenvalue weighted by Crippen LogP contribution is 2.19. The predicted molar refractivity (Wildman–Crippen MR) is 84.5 cm³/mol. The van der Waals surface area contributed by atoms with Crippen LogP contribution in [0, 0.1) is 5.92 Å². The highest BCUT2D eigenvalue weighted by atomic mass is 16.6. The molecule has 0 saturated carbocycles. The van der Waals surface area contributed by atoms with Crippen molar-refractivity contribution in [1.29, 1.82) is 0 Å². The molecule has 122 valence electrons. The van der Waals surface area contributed by atoms with Gasteiger partial charge >= 0.3 is 6.09 Å². The fourth-order valence-corrected chi connectivity index (χ4v) is 3.32. The Morgan fingerprint density at radius 1 is 1.14 bits per heavy atom. The second-order valence-electron chi connectivity index (χ2n) is 6.45. The SMILES string of the molecule is CCOC(=O)N1CCC(NCCC2CCN(C)CC2)CC1. The zero-order valence-electron chi connectivity index (χ0n) is 13.6. The number of amides is 1. The van der Waals surface area contributed by atoms with Gasteiger partial charge in [-0.3, -0.25) is 0 Å². The minimum absolute atomic E-state index is 0.151. The quantitative estimate of drug-likeness (QED) is 0.842. The Bertz CT molecular complexity index is 309. The van der Waals surface area contributed by atoms with Crippen molar-refractivity contribution < 1.29 is 9.53 Å². The van der Waals surface area contributed by atoms with Crippen LogP contribution in [0.5, 0.6) is 0 Å². The molecule has 5 heteroatoms. The molecule has 0 aliphatic carbocycles. The van der Waals surface area contributed by atoms with Crippen molar-refractivity contribution in [2.24, 2.45) is 5.92 Å². The molecule has 1 N–H and O–H groups in total. The van der Waals surface area contributed by atoms with E-state index >= 15 is 0 Å². The van der Waals surface area contributed by atoms with Gasteiger partial charge in [0.1, 0.15) is 0 Å². The summed E-state index contributed by atoms with van der Waals surface area (Å²) < 4.78 is 5.05. The molecular formula is C16H31N3O2. The van der Waals surface area contributed by atoms with E-state index in [9.17, 15) is 4.79 Å². The number of rotatable bonds is 5. The van der Waals surface area contributed by atoms with Crippen molar-refractivity contribution >= 4 is 6.09 Å². The Kier molecular flexibility index (Phi) is 6.77. The first-order valence-electron chi connectivity index (χ1n) is 8.52. The number of likely N-dealkylation sites (tertiary alicyclic amines) is 2. The normalized spacial score (nSPS) is 22.5. The summed E-state index contributed by atoms with van der Waals surface area (Å²) in [5.41, 5.74) is 0. The van der Waals surface area contributed by atoms with E-state index in [-0.39, 0.29) is 6.09 Å². The van der Waals surface area contributed by atoms with Gasteiger partial charge in [0.2, 0.25) is 0 Å². The second kappa shape index (κ2) is 8.59. The summed E-state index contributed by atoms with van der Waals surface area (Å²) in [6.45, 7) is 7.60. The average molecular weight is 297 g/mol. The Hall–Kier alpha value is -0.810. The van der Waals surface area contributed by atoms with Crippen LogP contribution in [0.2, 0.25) is 0 Å². The molecule has 0 aromatic heterocycles. The third-order valence-corrected chi connectivity index (χ3v) is 4.84. The van der Waals surface area contributed by atoms with Crippen LogP contribution in [0.3, 0.4) is 0 Å². The number of nitrogens with one attached hydrogen (secondary N) is 1.